The van der Waals surface area contributed by atoms with Crippen molar-refractivity contribution < 1.29 is 14.7 Å². The summed E-state index contributed by atoms with van der Waals surface area (Å²) < 4.78 is 11.7. The summed E-state index contributed by atoms with van der Waals surface area (Å²) in [5.41, 5.74) is 2.80. The zero-order valence-corrected chi connectivity index (χ0v) is 18.7. The number of benzene rings is 3. The zero-order valence-electron chi connectivity index (χ0n) is 18.7. The van der Waals surface area contributed by atoms with E-state index in [1.54, 1.807) is 14.2 Å². The molecule has 5 aromatic rings. The minimum atomic E-state index is -0.861. The average molecular weight is 454 g/mol. The molecule has 2 aromatic heterocycles. The molecule has 2 heterocycles. The van der Waals surface area contributed by atoms with E-state index in [1.165, 1.54) is 12.7 Å². The normalized spacial score (nSPS) is 11.4. The maximum Gasteiger partial charge on any atom is 0.200 e. The van der Waals surface area contributed by atoms with Gasteiger partial charge in [0.15, 0.2) is 11.3 Å². The second-order valence-electron chi connectivity index (χ2n) is 7.68. The van der Waals surface area contributed by atoms with Crippen LogP contribution in [-0.2, 0) is 5.54 Å². The van der Waals surface area contributed by atoms with Gasteiger partial charge in [0.1, 0.15) is 29.7 Å². The number of ether oxygens (including phenoxy) is 2. The molecule has 0 aliphatic carbocycles. The van der Waals surface area contributed by atoms with Crippen molar-refractivity contribution in [3.8, 4) is 11.5 Å². The highest BCUT2D eigenvalue weighted by Crippen LogP contribution is 2.41. The highest BCUT2D eigenvalue weighted by molar-refractivity contribution is 5.83. The van der Waals surface area contributed by atoms with E-state index >= 15 is 0 Å². The van der Waals surface area contributed by atoms with Gasteiger partial charge in [0.25, 0.3) is 0 Å². The summed E-state index contributed by atoms with van der Waals surface area (Å²) in [6, 6.07) is 25.9. The lowest BCUT2D eigenvalue weighted by atomic mass is 9.77. The lowest BCUT2D eigenvalue weighted by Crippen LogP contribution is -2.38. The van der Waals surface area contributed by atoms with E-state index < -0.39 is 5.54 Å². The topological polar surface area (TPSA) is 94.3 Å². The molecule has 0 radical (unpaired) electrons. The Labute approximate surface area is 196 Å². The molecule has 170 valence electrons. The molecule has 8 nitrogen and oxygen atoms in total. The summed E-state index contributed by atoms with van der Waals surface area (Å²) in [5, 5.41) is 13.8. The Morgan fingerprint density at radius 3 is 1.85 bits per heavy atom. The molecule has 0 bridgehead atoms. The Morgan fingerprint density at radius 1 is 0.735 bits per heavy atom. The second-order valence-corrected chi connectivity index (χ2v) is 7.68. The molecule has 0 fully saturated rings. The predicted molar refractivity (Wildman–Crippen MR) is 128 cm³/mol. The molecule has 3 aromatic carbocycles. The second kappa shape index (κ2) is 8.74. The number of imidazole rings is 1. The molecule has 0 saturated heterocycles. The van der Waals surface area contributed by atoms with E-state index in [2.05, 4.69) is 32.4 Å². The number of hydrogen-bond acceptors (Lipinski definition) is 7. The van der Waals surface area contributed by atoms with Crippen molar-refractivity contribution in [2.75, 3.05) is 19.5 Å². The number of nitrogens with zero attached hydrogens (tertiary/aromatic N) is 4. The van der Waals surface area contributed by atoms with Crippen molar-refractivity contribution in [2.45, 2.75) is 5.54 Å². The molecular formula is C26H23N5O3. The Morgan fingerprint density at radius 2 is 1.29 bits per heavy atom. The lowest BCUT2D eigenvalue weighted by molar-refractivity contribution is 0.196. The van der Waals surface area contributed by atoms with Crippen LogP contribution in [-0.4, -0.2) is 39.1 Å². The summed E-state index contributed by atoms with van der Waals surface area (Å²) in [7, 11) is 3.29. The monoisotopic (exact) mass is 453 g/mol. The Balaban J connectivity index is 1.80. The van der Waals surface area contributed by atoms with E-state index in [0.717, 1.165) is 32.9 Å². The van der Waals surface area contributed by atoms with E-state index in [0.29, 0.717) is 17.0 Å². The fourth-order valence-electron chi connectivity index (χ4n) is 4.18. The van der Waals surface area contributed by atoms with Crippen LogP contribution in [0.4, 0.5) is 5.82 Å². The van der Waals surface area contributed by atoms with Gasteiger partial charge in [0.2, 0.25) is 5.65 Å². The highest BCUT2D eigenvalue weighted by Gasteiger charge is 2.37. The van der Waals surface area contributed by atoms with Gasteiger partial charge in [-0.25, -0.2) is 15.0 Å². The third-order valence-electron chi connectivity index (χ3n) is 5.87. The number of fused-ring (bicyclic) bond motifs is 1. The van der Waals surface area contributed by atoms with Gasteiger partial charge in [-0.3, -0.25) is 0 Å². The van der Waals surface area contributed by atoms with Gasteiger partial charge < -0.3 is 20.0 Å². The van der Waals surface area contributed by atoms with Gasteiger partial charge in [-0.2, -0.15) is 4.73 Å². The Bertz CT molecular complexity index is 1350. The van der Waals surface area contributed by atoms with Crippen molar-refractivity contribution >= 4 is 17.0 Å². The van der Waals surface area contributed by atoms with Gasteiger partial charge in [0, 0.05) is 0 Å². The van der Waals surface area contributed by atoms with Crippen molar-refractivity contribution in [3.05, 3.63) is 108 Å². The molecule has 0 amide bonds. The predicted octanol–water partition coefficient (Wildman–Crippen LogP) is 4.48. The SMILES string of the molecule is COc1ccc(C(Nc2ncnc3c2ncn3O)(c2ccccc2)c2ccc(OC)cc2)cc1. The van der Waals surface area contributed by atoms with Crippen LogP contribution in [0.3, 0.4) is 0 Å². The van der Waals surface area contributed by atoms with Crippen LogP contribution in [0.1, 0.15) is 16.7 Å². The number of aromatic nitrogens is 4. The van der Waals surface area contributed by atoms with Crippen LogP contribution in [0, 0.1) is 0 Å². The van der Waals surface area contributed by atoms with Crippen molar-refractivity contribution in [1.82, 2.24) is 19.7 Å². The van der Waals surface area contributed by atoms with Crippen LogP contribution >= 0.6 is 0 Å². The van der Waals surface area contributed by atoms with Gasteiger partial charge >= 0.3 is 0 Å². The standard InChI is InChI=1S/C26H23N5O3/c1-33-21-12-8-19(9-13-21)26(18-6-4-3-5-7-18,20-10-14-22(34-2)15-11-20)30-24-23-25(28-16-27-24)31(32)17-29-23/h3-17,32H,1-2H3,(H,27,28,30). The van der Waals surface area contributed by atoms with E-state index in [1.807, 2.05) is 66.7 Å². The fourth-order valence-corrected chi connectivity index (χ4v) is 4.18. The smallest absolute Gasteiger partial charge is 0.200 e. The maximum atomic E-state index is 10.1. The molecular weight excluding hydrogens is 430 g/mol. The summed E-state index contributed by atoms with van der Waals surface area (Å²) in [6.07, 6.45) is 2.70. The van der Waals surface area contributed by atoms with Gasteiger partial charge in [-0.05, 0) is 41.0 Å². The van der Waals surface area contributed by atoms with Crippen molar-refractivity contribution in [1.29, 1.82) is 0 Å². The Hall–Kier alpha value is -4.59. The first kappa shape index (κ1) is 21.3. The van der Waals surface area contributed by atoms with Crippen molar-refractivity contribution in [3.63, 3.8) is 0 Å². The summed E-state index contributed by atoms with van der Waals surface area (Å²) in [4.78, 5) is 13.0. The first-order valence-corrected chi connectivity index (χ1v) is 10.7. The minimum Gasteiger partial charge on any atom is -0.497 e. The van der Waals surface area contributed by atoms with E-state index in [4.69, 9.17) is 9.47 Å². The van der Waals surface area contributed by atoms with E-state index in [9.17, 15) is 5.21 Å². The van der Waals surface area contributed by atoms with Crippen molar-refractivity contribution in [2.24, 2.45) is 0 Å². The summed E-state index contributed by atoms with van der Waals surface area (Å²) >= 11 is 0. The molecule has 0 atom stereocenters. The molecule has 0 aliphatic rings. The summed E-state index contributed by atoms with van der Waals surface area (Å²) in [6.45, 7) is 0. The lowest BCUT2D eigenvalue weighted by Gasteiger charge is -2.37. The molecule has 2 N–H and O–H groups in total. The van der Waals surface area contributed by atoms with Crippen LogP contribution in [0.5, 0.6) is 11.5 Å². The van der Waals surface area contributed by atoms with E-state index in [-0.39, 0.29) is 0 Å². The molecule has 0 saturated carbocycles. The zero-order chi connectivity index (χ0) is 23.5. The minimum absolute atomic E-state index is 0.309. The van der Waals surface area contributed by atoms with Crippen LogP contribution in [0.2, 0.25) is 0 Å². The Kier molecular flexibility index (Phi) is 5.47. The van der Waals surface area contributed by atoms with Gasteiger partial charge in [-0.1, -0.05) is 54.6 Å². The average Bonchev–Trinajstić information content (AvgIpc) is 3.29. The first-order valence-electron chi connectivity index (χ1n) is 10.7. The van der Waals surface area contributed by atoms with Crippen LogP contribution < -0.4 is 14.8 Å². The first-order chi connectivity index (χ1) is 16.7. The number of hydrogen-bond donors (Lipinski definition) is 2. The molecule has 0 unspecified atom stereocenters. The van der Waals surface area contributed by atoms with Gasteiger partial charge in [-0.15, -0.1) is 0 Å². The number of nitrogens with one attached hydrogen (secondary N) is 1. The molecule has 34 heavy (non-hydrogen) atoms. The quantitative estimate of drug-likeness (QED) is 0.277. The molecule has 0 aliphatic heterocycles. The molecule has 8 heteroatoms. The number of rotatable bonds is 7. The number of methoxy groups -OCH3 is 2. The molecule has 0 spiro atoms. The highest BCUT2D eigenvalue weighted by atomic mass is 16.5. The maximum absolute atomic E-state index is 10.1. The molecule has 5 rings (SSSR count). The van der Waals surface area contributed by atoms with Gasteiger partial charge in [0.05, 0.1) is 14.2 Å². The fraction of sp³-hybridized carbons (Fsp3) is 0.115. The summed E-state index contributed by atoms with van der Waals surface area (Å²) in [5.74, 6) is 1.99. The third-order valence-corrected chi connectivity index (χ3v) is 5.87. The third kappa shape index (κ3) is 3.55. The van der Waals surface area contributed by atoms with Crippen LogP contribution in [0.25, 0.3) is 11.2 Å². The largest absolute Gasteiger partial charge is 0.497 e. The number of anilines is 1. The van der Waals surface area contributed by atoms with Crippen LogP contribution in [0.15, 0.2) is 91.5 Å².